The molecule has 7 nitrogen and oxygen atoms in total. The first-order valence-corrected chi connectivity index (χ1v) is 7.89. The third kappa shape index (κ3) is 5.00. The minimum Gasteiger partial charge on any atom is -0.497 e. The molecule has 0 aliphatic carbocycles. The van der Waals surface area contributed by atoms with Crippen LogP contribution < -0.4 is 20.1 Å². The molecule has 0 saturated heterocycles. The van der Waals surface area contributed by atoms with Crippen molar-refractivity contribution in [3.8, 4) is 11.5 Å². The lowest BCUT2D eigenvalue weighted by Crippen LogP contribution is -2.41. The van der Waals surface area contributed by atoms with E-state index in [1.165, 1.54) is 25.7 Å². The molecule has 1 heterocycles. The molecule has 0 spiro atoms. The van der Waals surface area contributed by atoms with E-state index in [0.29, 0.717) is 22.7 Å². The molecule has 1 aromatic carbocycles. The van der Waals surface area contributed by atoms with E-state index in [1.54, 1.807) is 25.1 Å². The van der Waals surface area contributed by atoms with Gasteiger partial charge in [-0.1, -0.05) is 0 Å². The van der Waals surface area contributed by atoms with Crippen LogP contribution in [-0.4, -0.2) is 31.1 Å². The molecule has 2 N–H and O–H groups in total. The molecule has 2 aromatic rings. The molecular formula is C18H22N2O5. The largest absolute Gasteiger partial charge is 0.497 e. The van der Waals surface area contributed by atoms with Crippen LogP contribution >= 0.6 is 0 Å². The van der Waals surface area contributed by atoms with E-state index in [4.69, 9.17) is 13.9 Å². The number of ether oxygens (including phenoxy) is 2. The maximum atomic E-state index is 12.4. The molecule has 0 saturated carbocycles. The summed E-state index contributed by atoms with van der Waals surface area (Å²) in [6.45, 7) is 5.38. The summed E-state index contributed by atoms with van der Waals surface area (Å²) < 4.78 is 15.7. The molecule has 25 heavy (non-hydrogen) atoms. The summed E-state index contributed by atoms with van der Waals surface area (Å²) in [6, 6.07) is 5.91. The minimum atomic E-state index is -0.750. The van der Waals surface area contributed by atoms with Crippen LogP contribution in [0.2, 0.25) is 0 Å². The fraction of sp³-hybridized carbons (Fsp3) is 0.333. The lowest BCUT2D eigenvalue weighted by molar-refractivity contribution is -0.117. The molecule has 2 amide bonds. The number of amides is 2. The van der Waals surface area contributed by atoms with Gasteiger partial charge in [-0.2, -0.15) is 0 Å². The van der Waals surface area contributed by atoms with Crippen molar-refractivity contribution in [2.24, 2.45) is 0 Å². The zero-order chi connectivity index (χ0) is 18.4. The van der Waals surface area contributed by atoms with E-state index in [1.807, 2.05) is 13.8 Å². The number of rotatable bonds is 7. The van der Waals surface area contributed by atoms with Crippen LogP contribution in [-0.2, 0) is 4.79 Å². The Balaban J connectivity index is 2.08. The zero-order valence-corrected chi connectivity index (χ0v) is 14.7. The molecule has 0 aliphatic rings. The van der Waals surface area contributed by atoms with E-state index >= 15 is 0 Å². The number of benzene rings is 1. The van der Waals surface area contributed by atoms with Crippen LogP contribution in [0.15, 0.2) is 41.2 Å². The zero-order valence-electron chi connectivity index (χ0n) is 14.7. The van der Waals surface area contributed by atoms with Gasteiger partial charge in [0.25, 0.3) is 5.91 Å². The Morgan fingerprint density at radius 3 is 2.52 bits per heavy atom. The van der Waals surface area contributed by atoms with Gasteiger partial charge in [0.05, 0.1) is 30.7 Å². The van der Waals surface area contributed by atoms with Crippen LogP contribution in [0.4, 0.5) is 5.69 Å². The molecule has 0 bridgehead atoms. The average molecular weight is 346 g/mol. The number of hydrogen-bond acceptors (Lipinski definition) is 5. The van der Waals surface area contributed by atoms with Crippen molar-refractivity contribution in [2.75, 3.05) is 12.4 Å². The summed E-state index contributed by atoms with van der Waals surface area (Å²) in [6.07, 6.45) is 2.66. The molecule has 1 aromatic heterocycles. The van der Waals surface area contributed by atoms with E-state index < -0.39 is 6.04 Å². The number of hydrogen-bond donors (Lipinski definition) is 2. The second kappa shape index (κ2) is 8.23. The van der Waals surface area contributed by atoms with Crippen LogP contribution in [0.3, 0.4) is 0 Å². The van der Waals surface area contributed by atoms with Crippen molar-refractivity contribution < 1.29 is 23.5 Å². The Morgan fingerprint density at radius 1 is 1.16 bits per heavy atom. The van der Waals surface area contributed by atoms with E-state index in [2.05, 4.69) is 10.6 Å². The van der Waals surface area contributed by atoms with Crippen LogP contribution in [0.25, 0.3) is 0 Å². The second-order valence-electron chi connectivity index (χ2n) is 5.73. The van der Waals surface area contributed by atoms with E-state index in [-0.39, 0.29) is 17.9 Å². The molecular weight excluding hydrogens is 324 g/mol. The second-order valence-corrected chi connectivity index (χ2v) is 5.73. The van der Waals surface area contributed by atoms with Crippen molar-refractivity contribution in [1.29, 1.82) is 0 Å². The molecule has 134 valence electrons. The van der Waals surface area contributed by atoms with Gasteiger partial charge in [-0.25, -0.2) is 0 Å². The molecule has 1 unspecified atom stereocenters. The van der Waals surface area contributed by atoms with Crippen molar-refractivity contribution in [3.05, 3.63) is 42.4 Å². The highest BCUT2D eigenvalue weighted by Gasteiger charge is 2.19. The van der Waals surface area contributed by atoms with Gasteiger partial charge in [0.2, 0.25) is 5.91 Å². The SMILES string of the molecule is COc1ccc(OC(C)C)c(NC(=O)C(C)NC(=O)c2ccoc2)c1. The number of carbonyl (C=O) groups excluding carboxylic acids is 2. The third-order valence-electron chi connectivity index (χ3n) is 3.33. The lowest BCUT2D eigenvalue weighted by atomic mass is 10.2. The Hall–Kier alpha value is -2.96. The molecule has 0 radical (unpaired) electrons. The van der Waals surface area contributed by atoms with Gasteiger partial charge < -0.3 is 24.5 Å². The first-order valence-electron chi connectivity index (χ1n) is 7.89. The summed E-state index contributed by atoms with van der Waals surface area (Å²) in [5, 5.41) is 5.37. The van der Waals surface area contributed by atoms with Crippen molar-refractivity contribution in [1.82, 2.24) is 5.32 Å². The summed E-state index contributed by atoms with van der Waals surface area (Å²) >= 11 is 0. The smallest absolute Gasteiger partial charge is 0.255 e. The Morgan fingerprint density at radius 2 is 1.92 bits per heavy atom. The van der Waals surface area contributed by atoms with Crippen molar-refractivity contribution in [3.63, 3.8) is 0 Å². The topological polar surface area (TPSA) is 89.8 Å². The van der Waals surface area contributed by atoms with Gasteiger partial charge in [0, 0.05) is 6.07 Å². The third-order valence-corrected chi connectivity index (χ3v) is 3.33. The van der Waals surface area contributed by atoms with Crippen LogP contribution in [0.5, 0.6) is 11.5 Å². The monoisotopic (exact) mass is 346 g/mol. The Bertz CT molecular complexity index is 725. The maximum absolute atomic E-state index is 12.4. The van der Waals surface area contributed by atoms with Gasteiger partial charge >= 0.3 is 0 Å². The number of anilines is 1. The average Bonchev–Trinajstić information content (AvgIpc) is 3.10. The van der Waals surface area contributed by atoms with Crippen LogP contribution in [0.1, 0.15) is 31.1 Å². The summed E-state index contributed by atoms with van der Waals surface area (Å²) in [7, 11) is 1.54. The minimum absolute atomic E-state index is 0.0535. The molecule has 0 fully saturated rings. The Labute approximate surface area is 146 Å². The predicted molar refractivity (Wildman–Crippen MR) is 93.0 cm³/mol. The summed E-state index contributed by atoms with van der Waals surface area (Å²) in [5.41, 5.74) is 0.826. The summed E-state index contributed by atoms with van der Waals surface area (Å²) in [5.74, 6) is 0.346. The maximum Gasteiger partial charge on any atom is 0.255 e. The standard InChI is InChI=1S/C18H22N2O5/c1-11(2)25-16-6-5-14(23-4)9-15(16)20-17(21)12(3)19-18(22)13-7-8-24-10-13/h5-12H,1-4H3,(H,19,22)(H,20,21). The molecule has 1 atom stereocenters. The summed E-state index contributed by atoms with van der Waals surface area (Å²) in [4.78, 5) is 24.4. The first kappa shape index (κ1) is 18.4. The number of methoxy groups -OCH3 is 1. The van der Waals surface area contributed by atoms with E-state index in [9.17, 15) is 9.59 Å². The van der Waals surface area contributed by atoms with Gasteiger partial charge in [0.1, 0.15) is 23.8 Å². The van der Waals surface area contributed by atoms with Gasteiger partial charge in [0.15, 0.2) is 0 Å². The number of carbonyl (C=O) groups is 2. The fourth-order valence-corrected chi connectivity index (χ4v) is 2.07. The first-order chi connectivity index (χ1) is 11.9. The van der Waals surface area contributed by atoms with Gasteiger partial charge in [-0.05, 0) is 39.0 Å². The predicted octanol–water partition coefficient (Wildman–Crippen LogP) is 2.83. The van der Waals surface area contributed by atoms with Gasteiger partial charge in [-0.3, -0.25) is 9.59 Å². The van der Waals surface area contributed by atoms with Crippen molar-refractivity contribution >= 4 is 17.5 Å². The molecule has 0 aliphatic heterocycles. The highest BCUT2D eigenvalue weighted by molar-refractivity contribution is 6.01. The molecule has 2 rings (SSSR count). The normalized spacial score (nSPS) is 11.7. The highest BCUT2D eigenvalue weighted by Crippen LogP contribution is 2.30. The van der Waals surface area contributed by atoms with Crippen molar-refractivity contribution in [2.45, 2.75) is 32.9 Å². The van der Waals surface area contributed by atoms with E-state index in [0.717, 1.165) is 0 Å². The lowest BCUT2D eigenvalue weighted by Gasteiger charge is -2.18. The van der Waals surface area contributed by atoms with Crippen LogP contribution in [0, 0.1) is 0 Å². The Kier molecular flexibility index (Phi) is 6.05. The number of nitrogens with one attached hydrogen (secondary N) is 2. The number of furan rings is 1. The van der Waals surface area contributed by atoms with Gasteiger partial charge in [-0.15, -0.1) is 0 Å². The highest BCUT2D eigenvalue weighted by atomic mass is 16.5. The molecule has 7 heteroatoms. The quantitative estimate of drug-likeness (QED) is 0.804. The fourth-order valence-electron chi connectivity index (χ4n) is 2.07.